The van der Waals surface area contributed by atoms with Crippen LogP contribution in [0.3, 0.4) is 0 Å². The van der Waals surface area contributed by atoms with Crippen molar-refractivity contribution in [3.05, 3.63) is 58.9 Å². The molecular formula is C17H21ClN2O. The monoisotopic (exact) mass is 304 g/mol. The molecule has 0 amide bonds. The number of hydrogen-bond acceptors (Lipinski definition) is 3. The molecule has 0 aliphatic rings. The summed E-state index contributed by atoms with van der Waals surface area (Å²) in [6.07, 6.45) is 2.56. The summed E-state index contributed by atoms with van der Waals surface area (Å²) in [5.41, 5.74) is 2.10. The molecule has 0 radical (unpaired) electrons. The number of aromatic nitrogens is 1. The van der Waals surface area contributed by atoms with Gasteiger partial charge in [-0.2, -0.15) is 0 Å². The highest BCUT2D eigenvalue weighted by Gasteiger charge is 2.09. The van der Waals surface area contributed by atoms with Crippen LogP contribution in [0, 0.1) is 0 Å². The number of rotatable bonds is 7. The van der Waals surface area contributed by atoms with E-state index in [1.807, 2.05) is 36.4 Å². The second-order valence-corrected chi connectivity index (χ2v) is 5.59. The largest absolute Gasteiger partial charge is 0.491 e. The lowest BCUT2D eigenvalue weighted by Crippen LogP contribution is -2.22. The summed E-state index contributed by atoms with van der Waals surface area (Å²) in [4.78, 5) is 4.29. The molecule has 0 saturated carbocycles. The molecule has 1 aromatic heterocycles. The van der Waals surface area contributed by atoms with Gasteiger partial charge in [-0.05, 0) is 18.2 Å². The Morgan fingerprint density at radius 2 is 2.05 bits per heavy atom. The normalized spacial score (nSPS) is 10.9. The molecule has 21 heavy (non-hydrogen) atoms. The minimum absolute atomic E-state index is 0.422. The quantitative estimate of drug-likeness (QED) is 0.843. The van der Waals surface area contributed by atoms with Crippen LogP contribution in [0.2, 0.25) is 5.02 Å². The molecule has 4 heteroatoms. The first kappa shape index (κ1) is 15.8. The Hall–Kier alpha value is -1.58. The minimum atomic E-state index is 0.422. The number of para-hydroxylation sites is 1. The van der Waals surface area contributed by atoms with E-state index < -0.39 is 0 Å². The van der Waals surface area contributed by atoms with Crippen molar-refractivity contribution in [2.24, 2.45) is 0 Å². The summed E-state index contributed by atoms with van der Waals surface area (Å²) < 4.78 is 5.89. The fourth-order valence-corrected chi connectivity index (χ4v) is 2.22. The van der Waals surface area contributed by atoms with Gasteiger partial charge in [0.25, 0.3) is 0 Å². The Balaban J connectivity index is 1.98. The van der Waals surface area contributed by atoms with Crippen molar-refractivity contribution in [1.29, 1.82) is 0 Å². The highest BCUT2D eigenvalue weighted by molar-refractivity contribution is 6.32. The summed E-state index contributed by atoms with van der Waals surface area (Å²) in [7, 11) is 0. The SMILES string of the molecule is CC(C)NCc1cccc(Cl)c1OCCc1ccccn1. The number of pyridine rings is 1. The van der Waals surface area contributed by atoms with E-state index in [1.165, 1.54) is 0 Å². The molecule has 0 fully saturated rings. The molecule has 0 aliphatic carbocycles. The van der Waals surface area contributed by atoms with Gasteiger partial charge in [-0.1, -0.05) is 43.6 Å². The first-order chi connectivity index (χ1) is 10.2. The molecule has 2 aromatic rings. The van der Waals surface area contributed by atoms with Gasteiger partial charge in [-0.15, -0.1) is 0 Å². The Morgan fingerprint density at radius 1 is 1.19 bits per heavy atom. The van der Waals surface area contributed by atoms with Gasteiger partial charge in [0.05, 0.1) is 11.6 Å². The molecular weight excluding hydrogens is 284 g/mol. The van der Waals surface area contributed by atoms with Crippen molar-refractivity contribution < 1.29 is 4.74 Å². The van der Waals surface area contributed by atoms with Gasteiger partial charge in [0.2, 0.25) is 0 Å². The highest BCUT2D eigenvalue weighted by Crippen LogP contribution is 2.28. The fraction of sp³-hybridized carbons (Fsp3) is 0.353. The van der Waals surface area contributed by atoms with Gasteiger partial charge in [-0.25, -0.2) is 0 Å². The minimum Gasteiger partial charge on any atom is -0.491 e. The van der Waals surface area contributed by atoms with Crippen LogP contribution < -0.4 is 10.1 Å². The number of halogens is 1. The van der Waals surface area contributed by atoms with Crippen LogP contribution in [-0.2, 0) is 13.0 Å². The number of benzene rings is 1. The van der Waals surface area contributed by atoms with E-state index in [1.54, 1.807) is 6.20 Å². The number of ether oxygens (including phenoxy) is 1. The second kappa shape index (κ2) is 8.01. The van der Waals surface area contributed by atoms with Crippen molar-refractivity contribution in [3.63, 3.8) is 0 Å². The Morgan fingerprint density at radius 3 is 2.76 bits per heavy atom. The lowest BCUT2D eigenvalue weighted by atomic mass is 10.2. The van der Waals surface area contributed by atoms with Crippen LogP contribution in [-0.4, -0.2) is 17.6 Å². The molecule has 1 N–H and O–H groups in total. The van der Waals surface area contributed by atoms with E-state index in [0.717, 1.165) is 30.0 Å². The van der Waals surface area contributed by atoms with E-state index >= 15 is 0 Å². The highest BCUT2D eigenvalue weighted by atomic mass is 35.5. The van der Waals surface area contributed by atoms with Gasteiger partial charge < -0.3 is 10.1 Å². The maximum Gasteiger partial charge on any atom is 0.142 e. The Labute approximate surface area is 131 Å². The zero-order valence-corrected chi connectivity index (χ0v) is 13.2. The standard InChI is InChI=1S/C17H21ClN2O/c1-13(2)20-12-14-6-5-8-16(18)17(14)21-11-9-15-7-3-4-10-19-15/h3-8,10,13,20H,9,11-12H2,1-2H3. The molecule has 0 aliphatic heterocycles. The van der Waals surface area contributed by atoms with Crippen LogP contribution >= 0.6 is 11.6 Å². The zero-order chi connectivity index (χ0) is 15.1. The van der Waals surface area contributed by atoms with Gasteiger partial charge in [0.1, 0.15) is 5.75 Å². The van der Waals surface area contributed by atoms with E-state index in [4.69, 9.17) is 16.3 Å². The predicted octanol–water partition coefficient (Wildman–Crippen LogP) is 3.85. The lowest BCUT2D eigenvalue weighted by molar-refractivity contribution is 0.316. The van der Waals surface area contributed by atoms with E-state index in [0.29, 0.717) is 17.7 Å². The number of hydrogen-bond donors (Lipinski definition) is 1. The van der Waals surface area contributed by atoms with Gasteiger partial charge in [0.15, 0.2) is 0 Å². The summed E-state index contributed by atoms with van der Waals surface area (Å²) >= 11 is 6.26. The van der Waals surface area contributed by atoms with Gasteiger partial charge >= 0.3 is 0 Å². The first-order valence-corrected chi connectivity index (χ1v) is 7.58. The van der Waals surface area contributed by atoms with Crippen LogP contribution in [0.25, 0.3) is 0 Å². The van der Waals surface area contributed by atoms with E-state index in [-0.39, 0.29) is 0 Å². The lowest BCUT2D eigenvalue weighted by Gasteiger charge is -2.15. The molecule has 0 bridgehead atoms. The third-order valence-corrected chi connectivity index (χ3v) is 3.38. The van der Waals surface area contributed by atoms with Crippen molar-refractivity contribution in [3.8, 4) is 5.75 Å². The van der Waals surface area contributed by atoms with Crippen molar-refractivity contribution in [1.82, 2.24) is 10.3 Å². The van der Waals surface area contributed by atoms with Crippen LogP contribution in [0.15, 0.2) is 42.6 Å². The molecule has 1 aromatic carbocycles. The summed E-state index contributed by atoms with van der Waals surface area (Å²) in [5.74, 6) is 0.767. The van der Waals surface area contributed by atoms with Crippen molar-refractivity contribution in [2.75, 3.05) is 6.61 Å². The zero-order valence-electron chi connectivity index (χ0n) is 12.5. The molecule has 0 atom stereocenters. The smallest absolute Gasteiger partial charge is 0.142 e. The predicted molar refractivity (Wildman–Crippen MR) is 86.9 cm³/mol. The summed E-state index contributed by atoms with van der Waals surface area (Å²) in [5, 5.41) is 4.04. The van der Waals surface area contributed by atoms with E-state index in [9.17, 15) is 0 Å². The average Bonchev–Trinajstić information content (AvgIpc) is 2.48. The molecule has 112 valence electrons. The molecule has 1 heterocycles. The van der Waals surface area contributed by atoms with Crippen LogP contribution in [0.4, 0.5) is 0 Å². The summed E-state index contributed by atoms with van der Waals surface area (Å²) in [6.45, 7) is 5.55. The Bertz CT molecular complexity index is 558. The molecule has 0 unspecified atom stereocenters. The van der Waals surface area contributed by atoms with Gasteiger partial charge in [0, 0.05) is 36.5 Å². The summed E-state index contributed by atoms with van der Waals surface area (Å²) in [6, 6.07) is 12.2. The first-order valence-electron chi connectivity index (χ1n) is 7.20. The Kier molecular flexibility index (Phi) is 6.03. The fourth-order valence-electron chi connectivity index (χ4n) is 1.97. The number of nitrogens with zero attached hydrogens (tertiary/aromatic N) is 1. The van der Waals surface area contributed by atoms with E-state index in [2.05, 4.69) is 24.1 Å². The van der Waals surface area contributed by atoms with Crippen molar-refractivity contribution >= 4 is 11.6 Å². The average molecular weight is 305 g/mol. The maximum atomic E-state index is 6.26. The number of nitrogens with one attached hydrogen (secondary N) is 1. The molecule has 0 saturated heterocycles. The van der Waals surface area contributed by atoms with Crippen molar-refractivity contribution in [2.45, 2.75) is 32.9 Å². The maximum absolute atomic E-state index is 6.26. The second-order valence-electron chi connectivity index (χ2n) is 5.18. The third-order valence-electron chi connectivity index (χ3n) is 3.08. The topological polar surface area (TPSA) is 34.1 Å². The van der Waals surface area contributed by atoms with Gasteiger partial charge in [-0.3, -0.25) is 4.98 Å². The molecule has 3 nitrogen and oxygen atoms in total. The molecule has 0 spiro atoms. The molecule has 2 rings (SSSR count). The van der Waals surface area contributed by atoms with Crippen LogP contribution in [0.5, 0.6) is 5.75 Å². The third kappa shape index (κ3) is 5.03. The van der Waals surface area contributed by atoms with Crippen LogP contribution in [0.1, 0.15) is 25.1 Å².